The van der Waals surface area contributed by atoms with Crippen molar-refractivity contribution in [2.75, 3.05) is 13.1 Å². The van der Waals surface area contributed by atoms with Gasteiger partial charge in [-0.1, -0.05) is 37.1 Å². The molecular weight excluding hydrogens is 384 g/mol. The van der Waals surface area contributed by atoms with E-state index in [1.54, 1.807) is 0 Å². The van der Waals surface area contributed by atoms with E-state index in [4.69, 9.17) is 0 Å². The van der Waals surface area contributed by atoms with Crippen molar-refractivity contribution in [2.45, 2.75) is 38.8 Å². The van der Waals surface area contributed by atoms with E-state index in [0.29, 0.717) is 6.54 Å². The predicted octanol–water partition coefficient (Wildman–Crippen LogP) is 4.82. The smallest absolute Gasteiger partial charge is 0.262 e. The third kappa shape index (κ3) is 4.91. The molecule has 128 valence electrons. The van der Waals surface area contributed by atoms with E-state index in [9.17, 15) is 4.79 Å². The molecule has 3 rings (SSSR count). The first-order valence-electron chi connectivity index (χ1n) is 8.54. The van der Waals surface area contributed by atoms with Crippen LogP contribution in [0.5, 0.6) is 0 Å². The monoisotopic (exact) mass is 406 g/mol. The third-order valence-electron chi connectivity index (χ3n) is 4.40. The molecule has 0 spiro atoms. The fourth-order valence-electron chi connectivity index (χ4n) is 3.03. The van der Waals surface area contributed by atoms with E-state index in [0.717, 1.165) is 21.5 Å². The van der Waals surface area contributed by atoms with Gasteiger partial charge in [0.25, 0.3) is 5.91 Å². The first-order chi connectivity index (χ1) is 11.7. The maximum absolute atomic E-state index is 12.1. The molecule has 1 aliphatic rings. The molecule has 1 amide bonds. The molecule has 24 heavy (non-hydrogen) atoms. The summed E-state index contributed by atoms with van der Waals surface area (Å²) in [5, 5.41) is 4.90. The molecule has 2 aromatic rings. The van der Waals surface area contributed by atoms with Crippen molar-refractivity contribution in [1.29, 1.82) is 0 Å². The van der Waals surface area contributed by atoms with Crippen LogP contribution in [0.3, 0.4) is 0 Å². The summed E-state index contributed by atoms with van der Waals surface area (Å²) in [6.07, 6.45) is 5.38. The zero-order valence-electron chi connectivity index (χ0n) is 13.8. The van der Waals surface area contributed by atoms with Crippen LogP contribution in [-0.2, 0) is 13.1 Å². The molecule has 0 radical (unpaired) electrons. The zero-order chi connectivity index (χ0) is 16.8. The summed E-state index contributed by atoms with van der Waals surface area (Å²) in [5.41, 5.74) is 2.49. The summed E-state index contributed by atoms with van der Waals surface area (Å²) < 4.78 is 0.859. The number of hydrogen-bond acceptors (Lipinski definition) is 3. The minimum atomic E-state index is -0.0227. The Morgan fingerprint density at radius 2 is 1.71 bits per heavy atom. The fraction of sp³-hybridized carbons (Fsp3) is 0.421. The van der Waals surface area contributed by atoms with Gasteiger partial charge >= 0.3 is 0 Å². The number of halogens is 1. The Morgan fingerprint density at radius 1 is 1.04 bits per heavy atom. The molecule has 0 aliphatic carbocycles. The molecule has 0 unspecified atom stereocenters. The standard InChI is InChI=1S/C19H23BrN2OS/c20-17-9-12-24-18(17)19(23)21-13-15-5-7-16(8-6-15)14-22-10-3-1-2-4-11-22/h5-9,12H,1-4,10-11,13-14H2,(H,21,23). The first-order valence-corrected chi connectivity index (χ1v) is 10.2. The van der Waals surface area contributed by atoms with Crippen LogP contribution >= 0.6 is 27.3 Å². The van der Waals surface area contributed by atoms with Gasteiger partial charge < -0.3 is 5.32 Å². The molecule has 1 aliphatic heterocycles. The van der Waals surface area contributed by atoms with Crippen LogP contribution < -0.4 is 5.32 Å². The Bertz CT molecular complexity index is 660. The van der Waals surface area contributed by atoms with Crippen molar-refractivity contribution < 1.29 is 4.79 Å². The van der Waals surface area contributed by atoms with E-state index < -0.39 is 0 Å². The third-order valence-corrected chi connectivity index (χ3v) is 6.24. The number of rotatable bonds is 5. The van der Waals surface area contributed by atoms with Gasteiger partial charge in [-0.15, -0.1) is 11.3 Å². The summed E-state index contributed by atoms with van der Waals surface area (Å²) in [6, 6.07) is 10.5. The molecule has 1 aromatic carbocycles. The van der Waals surface area contributed by atoms with Gasteiger partial charge in [0.05, 0.1) is 0 Å². The van der Waals surface area contributed by atoms with Gasteiger partial charge in [-0.3, -0.25) is 9.69 Å². The van der Waals surface area contributed by atoms with Crippen molar-refractivity contribution in [3.8, 4) is 0 Å². The molecule has 1 fully saturated rings. The lowest BCUT2D eigenvalue weighted by Crippen LogP contribution is -2.24. The molecule has 3 nitrogen and oxygen atoms in total. The van der Waals surface area contributed by atoms with E-state index >= 15 is 0 Å². The normalized spacial score (nSPS) is 15.9. The second kappa shape index (κ2) is 8.79. The topological polar surface area (TPSA) is 32.3 Å². The fourth-order valence-corrected chi connectivity index (χ4v) is 4.50. The molecule has 1 N–H and O–H groups in total. The lowest BCUT2D eigenvalue weighted by Gasteiger charge is -2.19. The lowest BCUT2D eigenvalue weighted by atomic mass is 10.1. The van der Waals surface area contributed by atoms with E-state index in [1.165, 1.54) is 55.7 Å². The number of carbonyl (C=O) groups is 1. The first kappa shape index (κ1) is 17.6. The van der Waals surface area contributed by atoms with Crippen LogP contribution in [0.1, 0.15) is 46.5 Å². The quantitative estimate of drug-likeness (QED) is 0.771. The van der Waals surface area contributed by atoms with E-state index in [1.807, 2.05) is 11.4 Å². The second-order valence-corrected chi connectivity index (χ2v) is 8.06. The summed E-state index contributed by atoms with van der Waals surface area (Å²) >= 11 is 4.85. The predicted molar refractivity (Wildman–Crippen MR) is 103 cm³/mol. The number of nitrogens with zero attached hydrogens (tertiary/aromatic N) is 1. The average Bonchev–Trinajstić information content (AvgIpc) is 2.86. The van der Waals surface area contributed by atoms with Gasteiger partial charge in [0.1, 0.15) is 4.88 Å². The van der Waals surface area contributed by atoms with Crippen LogP contribution in [0.15, 0.2) is 40.2 Å². The minimum absolute atomic E-state index is 0.0227. The van der Waals surface area contributed by atoms with Crippen molar-refractivity contribution >= 4 is 33.2 Å². The van der Waals surface area contributed by atoms with Crippen LogP contribution in [-0.4, -0.2) is 23.9 Å². The molecule has 5 heteroatoms. The van der Waals surface area contributed by atoms with Gasteiger partial charge in [-0.2, -0.15) is 0 Å². The highest BCUT2D eigenvalue weighted by molar-refractivity contribution is 9.10. The Morgan fingerprint density at radius 3 is 2.33 bits per heavy atom. The summed E-state index contributed by atoms with van der Waals surface area (Å²) in [4.78, 5) is 15.4. The van der Waals surface area contributed by atoms with E-state index in [2.05, 4.69) is 50.4 Å². The minimum Gasteiger partial charge on any atom is -0.347 e. The van der Waals surface area contributed by atoms with Crippen LogP contribution in [0.25, 0.3) is 0 Å². The van der Waals surface area contributed by atoms with Gasteiger partial charge in [0, 0.05) is 17.6 Å². The SMILES string of the molecule is O=C(NCc1ccc(CN2CCCCCC2)cc1)c1sccc1Br. The number of likely N-dealkylation sites (tertiary alicyclic amines) is 1. The largest absolute Gasteiger partial charge is 0.347 e. The highest BCUT2D eigenvalue weighted by Gasteiger charge is 2.11. The number of carbonyl (C=O) groups excluding carboxylic acids is 1. The van der Waals surface area contributed by atoms with Gasteiger partial charge in [-0.05, 0) is 64.4 Å². The van der Waals surface area contributed by atoms with Crippen molar-refractivity contribution in [1.82, 2.24) is 10.2 Å². The molecule has 0 atom stereocenters. The molecule has 0 saturated carbocycles. The number of nitrogens with one attached hydrogen (secondary N) is 1. The Labute approximate surface area is 156 Å². The second-order valence-electron chi connectivity index (χ2n) is 6.29. The maximum Gasteiger partial charge on any atom is 0.262 e. The van der Waals surface area contributed by atoms with Crippen LogP contribution in [0.2, 0.25) is 0 Å². The van der Waals surface area contributed by atoms with E-state index in [-0.39, 0.29) is 5.91 Å². The molecule has 0 bridgehead atoms. The highest BCUT2D eigenvalue weighted by Crippen LogP contribution is 2.22. The molecular formula is C19H23BrN2OS. The van der Waals surface area contributed by atoms with Crippen molar-refractivity contribution in [2.24, 2.45) is 0 Å². The van der Waals surface area contributed by atoms with Gasteiger partial charge in [-0.25, -0.2) is 0 Å². The van der Waals surface area contributed by atoms with Crippen molar-refractivity contribution in [3.05, 3.63) is 56.2 Å². The summed E-state index contributed by atoms with van der Waals surface area (Å²) in [6.45, 7) is 4.03. The van der Waals surface area contributed by atoms with Crippen LogP contribution in [0, 0.1) is 0 Å². The number of amides is 1. The maximum atomic E-state index is 12.1. The summed E-state index contributed by atoms with van der Waals surface area (Å²) in [5.74, 6) is -0.0227. The number of hydrogen-bond donors (Lipinski definition) is 1. The Kier molecular flexibility index (Phi) is 6.46. The Hall–Kier alpha value is -1.17. The highest BCUT2D eigenvalue weighted by atomic mass is 79.9. The molecule has 1 aromatic heterocycles. The Balaban J connectivity index is 1.51. The average molecular weight is 407 g/mol. The number of thiophene rings is 1. The summed E-state index contributed by atoms with van der Waals surface area (Å²) in [7, 11) is 0. The van der Waals surface area contributed by atoms with Gasteiger partial charge in [0.2, 0.25) is 0 Å². The van der Waals surface area contributed by atoms with Crippen molar-refractivity contribution in [3.63, 3.8) is 0 Å². The molecule has 1 saturated heterocycles. The van der Waals surface area contributed by atoms with Gasteiger partial charge in [0.15, 0.2) is 0 Å². The molecule has 2 heterocycles. The zero-order valence-corrected chi connectivity index (χ0v) is 16.2. The lowest BCUT2D eigenvalue weighted by molar-refractivity contribution is 0.0954. The number of benzene rings is 1. The van der Waals surface area contributed by atoms with Crippen LogP contribution in [0.4, 0.5) is 0 Å².